The zero-order valence-electron chi connectivity index (χ0n) is 6.67. The predicted octanol–water partition coefficient (Wildman–Crippen LogP) is 2.28. The molecule has 0 atom stereocenters. The predicted molar refractivity (Wildman–Crippen MR) is 51.0 cm³/mol. The zero-order valence-corrected chi connectivity index (χ0v) is 8.26. The number of carbonyl (C=O) groups is 1. The number of Topliss-reactive ketones (excluding diaryl/α,β-unsaturated/α-hetero) is 1. The third-order valence-electron chi connectivity index (χ3n) is 1.65. The van der Waals surface area contributed by atoms with Crippen LogP contribution in [0.15, 0.2) is 18.2 Å². The fraction of sp³-hybridized carbons (Fsp3) is 0.222. The fourth-order valence-corrected chi connectivity index (χ4v) is 1.18. The van der Waals surface area contributed by atoms with E-state index in [0.29, 0.717) is 5.56 Å². The monoisotopic (exact) mass is 228 g/mol. The molecule has 64 valence electrons. The van der Waals surface area contributed by atoms with E-state index in [1.807, 2.05) is 0 Å². The number of phenolic OH excluding ortho intramolecular Hbond substituents is 1. The molecule has 0 saturated heterocycles. The number of aromatic hydroxyl groups is 1. The van der Waals surface area contributed by atoms with E-state index >= 15 is 0 Å². The average Bonchev–Trinajstić information content (AvgIpc) is 2.08. The Bertz CT molecular complexity index is 307. The molecule has 0 unspecified atom stereocenters. The van der Waals surface area contributed by atoms with Crippen molar-refractivity contribution in [3.8, 4) is 5.75 Å². The lowest BCUT2D eigenvalue weighted by atomic mass is 10.1. The van der Waals surface area contributed by atoms with Crippen LogP contribution < -0.4 is 0 Å². The Hall–Kier alpha value is -0.830. The Morgan fingerprint density at radius 3 is 2.75 bits per heavy atom. The number of ketones is 1. The molecule has 0 bridgehead atoms. The summed E-state index contributed by atoms with van der Waals surface area (Å²) in [5.41, 5.74) is 1.32. The number of halogens is 1. The summed E-state index contributed by atoms with van der Waals surface area (Å²) < 4.78 is 0. The molecule has 0 aliphatic carbocycles. The molecular weight excluding hydrogens is 220 g/mol. The molecule has 0 amide bonds. The van der Waals surface area contributed by atoms with Crippen LogP contribution in [0.4, 0.5) is 0 Å². The van der Waals surface area contributed by atoms with Crippen molar-refractivity contribution in [1.82, 2.24) is 0 Å². The summed E-state index contributed by atoms with van der Waals surface area (Å²) >= 11 is 3.06. The molecule has 0 saturated carbocycles. The Morgan fingerprint density at radius 1 is 1.58 bits per heavy atom. The van der Waals surface area contributed by atoms with E-state index in [9.17, 15) is 9.90 Å². The van der Waals surface area contributed by atoms with Crippen LogP contribution in [0.5, 0.6) is 5.75 Å². The highest BCUT2D eigenvalue weighted by Gasteiger charge is 2.05. The van der Waals surface area contributed by atoms with Gasteiger partial charge in [-0.25, -0.2) is 0 Å². The van der Waals surface area contributed by atoms with Crippen molar-refractivity contribution in [3.63, 3.8) is 0 Å². The minimum atomic E-state index is -0.0229. The van der Waals surface area contributed by atoms with Crippen LogP contribution in [0, 0.1) is 6.92 Å². The zero-order chi connectivity index (χ0) is 9.14. The van der Waals surface area contributed by atoms with Crippen LogP contribution in [-0.4, -0.2) is 16.2 Å². The van der Waals surface area contributed by atoms with Gasteiger partial charge in [0, 0.05) is 5.56 Å². The van der Waals surface area contributed by atoms with Gasteiger partial charge in [0.25, 0.3) is 0 Å². The van der Waals surface area contributed by atoms with Gasteiger partial charge in [0.15, 0.2) is 5.78 Å². The second-order valence-electron chi connectivity index (χ2n) is 2.56. The molecule has 0 fully saturated rings. The molecule has 0 aliphatic heterocycles. The highest BCUT2D eigenvalue weighted by atomic mass is 79.9. The van der Waals surface area contributed by atoms with Crippen molar-refractivity contribution in [1.29, 1.82) is 0 Å². The summed E-state index contributed by atoms with van der Waals surface area (Å²) in [4.78, 5) is 11.1. The first-order chi connectivity index (χ1) is 5.65. The van der Waals surface area contributed by atoms with E-state index in [0.717, 1.165) is 5.56 Å². The quantitative estimate of drug-likeness (QED) is 0.623. The lowest BCUT2D eigenvalue weighted by Crippen LogP contribution is -1.99. The first-order valence-corrected chi connectivity index (χ1v) is 4.66. The number of hydrogen-bond donors (Lipinski definition) is 1. The molecule has 0 heterocycles. The number of alkyl halides is 1. The molecule has 1 rings (SSSR count). The van der Waals surface area contributed by atoms with Crippen molar-refractivity contribution in [3.05, 3.63) is 29.3 Å². The first-order valence-electron chi connectivity index (χ1n) is 3.54. The van der Waals surface area contributed by atoms with Gasteiger partial charge in [0.1, 0.15) is 5.75 Å². The van der Waals surface area contributed by atoms with Gasteiger partial charge in [0.2, 0.25) is 0 Å². The summed E-state index contributed by atoms with van der Waals surface area (Å²) in [5, 5.41) is 9.56. The summed E-state index contributed by atoms with van der Waals surface area (Å²) in [6.07, 6.45) is 0. The molecular formula is C9H9BrO2. The van der Waals surface area contributed by atoms with Gasteiger partial charge in [-0.2, -0.15) is 0 Å². The van der Waals surface area contributed by atoms with E-state index in [1.54, 1.807) is 19.1 Å². The Morgan fingerprint density at radius 2 is 2.25 bits per heavy atom. The number of carbonyl (C=O) groups excluding carboxylic acids is 1. The molecule has 2 nitrogen and oxygen atoms in total. The number of aryl methyl sites for hydroxylation is 1. The van der Waals surface area contributed by atoms with Crippen molar-refractivity contribution in [2.75, 3.05) is 5.33 Å². The smallest absolute Gasteiger partial charge is 0.173 e. The maximum absolute atomic E-state index is 11.1. The molecule has 1 aromatic carbocycles. The van der Waals surface area contributed by atoms with Crippen LogP contribution in [0.3, 0.4) is 0 Å². The maximum Gasteiger partial charge on any atom is 0.173 e. The van der Waals surface area contributed by atoms with Crippen LogP contribution in [0.25, 0.3) is 0 Å². The molecule has 12 heavy (non-hydrogen) atoms. The fourth-order valence-electron chi connectivity index (χ4n) is 0.860. The second kappa shape index (κ2) is 3.72. The van der Waals surface area contributed by atoms with E-state index in [2.05, 4.69) is 15.9 Å². The summed E-state index contributed by atoms with van der Waals surface area (Å²) in [7, 11) is 0. The first kappa shape index (κ1) is 9.26. The summed E-state index contributed by atoms with van der Waals surface area (Å²) in [6, 6.07) is 4.92. The van der Waals surface area contributed by atoms with E-state index in [1.165, 1.54) is 6.07 Å². The third kappa shape index (κ3) is 1.85. The van der Waals surface area contributed by atoms with Crippen LogP contribution in [0.1, 0.15) is 15.9 Å². The van der Waals surface area contributed by atoms with Gasteiger partial charge in [-0.15, -0.1) is 0 Å². The van der Waals surface area contributed by atoms with Crippen molar-refractivity contribution in [2.45, 2.75) is 6.92 Å². The van der Waals surface area contributed by atoms with Crippen LogP contribution in [0.2, 0.25) is 0 Å². The number of phenols is 1. The Kier molecular flexibility index (Phi) is 2.87. The Balaban J connectivity index is 3.05. The van der Waals surface area contributed by atoms with Gasteiger partial charge >= 0.3 is 0 Å². The van der Waals surface area contributed by atoms with E-state index in [-0.39, 0.29) is 16.9 Å². The summed E-state index contributed by atoms with van der Waals surface area (Å²) in [6.45, 7) is 1.79. The number of rotatable bonds is 2. The third-order valence-corrected chi connectivity index (χ3v) is 2.16. The van der Waals surface area contributed by atoms with Gasteiger partial charge < -0.3 is 5.11 Å². The molecule has 0 aromatic heterocycles. The minimum absolute atomic E-state index is 0.0229. The summed E-state index contributed by atoms with van der Waals surface area (Å²) in [5.74, 6) is 0.145. The molecule has 1 aromatic rings. The minimum Gasteiger partial charge on any atom is -0.508 e. The number of hydrogen-bond acceptors (Lipinski definition) is 2. The second-order valence-corrected chi connectivity index (χ2v) is 3.12. The average molecular weight is 229 g/mol. The topological polar surface area (TPSA) is 37.3 Å². The van der Waals surface area contributed by atoms with Gasteiger partial charge in [-0.05, 0) is 18.6 Å². The van der Waals surface area contributed by atoms with E-state index in [4.69, 9.17) is 0 Å². The molecule has 0 spiro atoms. The number of benzene rings is 1. The van der Waals surface area contributed by atoms with E-state index < -0.39 is 0 Å². The normalized spacial score (nSPS) is 9.83. The van der Waals surface area contributed by atoms with Crippen molar-refractivity contribution < 1.29 is 9.90 Å². The highest BCUT2D eigenvalue weighted by molar-refractivity contribution is 9.09. The molecule has 0 aliphatic rings. The lowest BCUT2D eigenvalue weighted by molar-refractivity contribution is 0.102. The lowest BCUT2D eigenvalue weighted by Gasteiger charge is -2.00. The largest absolute Gasteiger partial charge is 0.508 e. The SMILES string of the molecule is Cc1ccc(C(=O)CBr)cc1O. The van der Waals surface area contributed by atoms with Crippen molar-refractivity contribution in [2.24, 2.45) is 0 Å². The molecule has 0 radical (unpaired) electrons. The Labute approximate surface area is 79.3 Å². The van der Waals surface area contributed by atoms with Crippen molar-refractivity contribution >= 4 is 21.7 Å². The van der Waals surface area contributed by atoms with Gasteiger partial charge in [-0.3, -0.25) is 4.79 Å². The van der Waals surface area contributed by atoms with Crippen LogP contribution in [-0.2, 0) is 0 Å². The molecule has 3 heteroatoms. The standard InChI is InChI=1S/C9H9BrO2/c1-6-2-3-7(4-8(6)11)9(12)5-10/h2-4,11H,5H2,1H3. The van der Waals surface area contributed by atoms with Gasteiger partial charge in [-0.1, -0.05) is 28.1 Å². The highest BCUT2D eigenvalue weighted by Crippen LogP contribution is 2.17. The van der Waals surface area contributed by atoms with Crippen LogP contribution >= 0.6 is 15.9 Å². The molecule has 1 N–H and O–H groups in total. The van der Waals surface area contributed by atoms with Gasteiger partial charge in [0.05, 0.1) is 5.33 Å². The maximum atomic E-state index is 11.1.